The normalized spacial score (nSPS) is 18.9. The highest BCUT2D eigenvalue weighted by molar-refractivity contribution is 5.78. The van der Waals surface area contributed by atoms with Crippen molar-refractivity contribution in [2.75, 3.05) is 14.2 Å². The Bertz CT molecular complexity index is 395. The number of rotatable bonds is 4. The Labute approximate surface area is 101 Å². The van der Waals surface area contributed by atoms with E-state index in [1.807, 2.05) is 18.2 Å². The van der Waals surface area contributed by atoms with Gasteiger partial charge in [0.05, 0.1) is 14.2 Å². The zero-order chi connectivity index (χ0) is 12.3. The molecule has 1 fully saturated rings. The van der Waals surface area contributed by atoms with Gasteiger partial charge in [-0.05, 0) is 30.5 Å². The summed E-state index contributed by atoms with van der Waals surface area (Å²) >= 11 is 0. The van der Waals surface area contributed by atoms with Crippen LogP contribution in [-0.4, -0.2) is 26.2 Å². The summed E-state index contributed by atoms with van der Waals surface area (Å²) in [6.07, 6.45) is 2.35. The summed E-state index contributed by atoms with van der Waals surface area (Å²) in [5.74, 6) is 1.71. The maximum atomic E-state index is 11.1. The maximum Gasteiger partial charge on any atom is 0.220 e. The summed E-state index contributed by atoms with van der Waals surface area (Å²) in [6.45, 7) is 0. The van der Waals surface area contributed by atoms with Gasteiger partial charge >= 0.3 is 0 Å². The molecule has 1 atom stereocenters. The van der Waals surface area contributed by atoms with Crippen LogP contribution in [-0.2, 0) is 11.2 Å². The quantitative estimate of drug-likeness (QED) is 0.860. The van der Waals surface area contributed by atoms with Crippen molar-refractivity contribution in [1.29, 1.82) is 0 Å². The van der Waals surface area contributed by atoms with E-state index in [4.69, 9.17) is 9.47 Å². The molecule has 1 aliphatic rings. The first-order chi connectivity index (χ1) is 8.21. The van der Waals surface area contributed by atoms with E-state index in [0.717, 1.165) is 29.9 Å². The molecule has 1 saturated heterocycles. The largest absolute Gasteiger partial charge is 0.497 e. The van der Waals surface area contributed by atoms with Crippen LogP contribution in [0.5, 0.6) is 11.5 Å². The second kappa shape index (κ2) is 5.08. The predicted molar refractivity (Wildman–Crippen MR) is 64.4 cm³/mol. The number of methoxy groups -OCH3 is 2. The highest BCUT2D eigenvalue weighted by Crippen LogP contribution is 2.24. The Balaban J connectivity index is 2.11. The summed E-state index contributed by atoms with van der Waals surface area (Å²) in [7, 11) is 3.27. The van der Waals surface area contributed by atoms with E-state index < -0.39 is 0 Å². The lowest BCUT2D eigenvalue weighted by atomic mass is 10.0. The average molecular weight is 235 g/mol. The van der Waals surface area contributed by atoms with Crippen molar-refractivity contribution in [3.63, 3.8) is 0 Å². The van der Waals surface area contributed by atoms with Crippen molar-refractivity contribution in [3.05, 3.63) is 23.8 Å². The van der Waals surface area contributed by atoms with Crippen LogP contribution >= 0.6 is 0 Å². The number of hydrogen-bond acceptors (Lipinski definition) is 3. The lowest BCUT2D eigenvalue weighted by Crippen LogP contribution is -2.27. The Morgan fingerprint density at radius 1 is 1.24 bits per heavy atom. The van der Waals surface area contributed by atoms with E-state index in [1.165, 1.54) is 0 Å². The molecule has 0 saturated carbocycles. The van der Waals surface area contributed by atoms with Gasteiger partial charge in [-0.1, -0.05) is 0 Å². The van der Waals surface area contributed by atoms with Gasteiger partial charge in [-0.3, -0.25) is 4.79 Å². The fraction of sp³-hybridized carbons (Fsp3) is 0.462. The number of benzene rings is 1. The molecule has 1 heterocycles. The number of ether oxygens (including phenoxy) is 2. The average Bonchev–Trinajstić information content (AvgIpc) is 2.74. The minimum absolute atomic E-state index is 0.143. The molecule has 1 amide bonds. The topological polar surface area (TPSA) is 47.6 Å². The van der Waals surface area contributed by atoms with Crippen LogP contribution < -0.4 is 14.8 Å². The number of amides is 1. The van der Waals surface area contributed by atoms with Crippen LogP contribution in [0, 0.1) is 0 Å². The van der Waals surface area contributed by atoms with E-state index in [2.05, 4.69) is 5.32 Å². The second-order valence-corrected chi connectivity index (χ2v) is 4.23. The lowest BCUT2D eigenvalue weighted by molar-refractivity contribution is -0.119. The van der Waals surface area contributed by atoms with Crippen molar-refractivity contribution in [1.82, 2.24) is 5.32 Å². The first-order valence-electron chi connectivity index (χ1n) is 5.72. The van der Waals surface area contributed by atoms with E-state index in [1.54, 1.807) is 14.2 Å². The Morgan fingerprint density at radius 3 is 2.35 bits per heavy atom. The van der Waals surface area contributed by atoms with Crippen LogP contribution in [0.1, 0.15) is 18.4 Å². The van der Waals surface area contributed by atoms with Crippen LogP contribution in [0.4, 0.5) is 0 Å². The molecule has 17 heavy (non-hydrogen) atoms. The maximum absolute atomic E-state index is 11.1. The zero-order valence-corrected chi connectivity index (χ0v) is 10.2. The Kier molecular flexibility index (Phi) is 3.52. The Hall–Kier alpha value is -1.71. The van der Waals surface area contributed by atoms with Crippen molar-refractivity contribution < 1.29 is 14.3 Å². The molecule has 1 N–H and O–H groups in total. The van der Waals surface area contributed by atoms with Crippen LogP contribution in [0.15, 0.2) is 18.2 Å². The van der Waals surface area contributed by atoms with Crippen LogP contribution in [0.3, 0.4) is 0 Å². The molecular formula is C13H17NO3. The fourth-order valence-electron chi connectivity index (χ4n) is 2.10. The molecule has 1 unspecified atom stereocenters. The van der Waals surface area contributed by atoms with Crippen molar-refractivity contribution in [2.45, 2.75) is 25.3 Å². The molecule has 0 aromatic heterocycles. The van der Waals surface area contributed by atoms with Gasteiger partial charge in [0.15, 0.2) is 0 Å². The highest BCUT2D eigenvalue weighted by Gasteiger charge is 2.21. The summed E-state index contributed by atoms with van der Waals surface area (Å²) in [5.41, 5.74) is 1.12. The first kappa shape index (κ1) is 11.8. The zero-order valence-electron chi connectivity index (χ0n) is 10.2. The van der Waals surface area contributed by atoms with Gasteiger partial charge in [0, 0.05) is 18.5 Å². The molecule has 2 rings (SSSR count). The number of carbonyl (C=O) groups is 1. The number of hydrogen-bond donors (Lipinski definition) is 1. The summed E-state index contributed by atoms with van der Waals surface area (Å²) in [4.78, 5) is 11.1. The minimum atomic E-state index is 0.143. The van der Waals surface area contributed by atoms with Gasteiger partial charge in [-0.15, -0.1) is 0 Å². The van der Waals surface area contributed by atoms with Crippen molar-refractivity contribution in [3.8, 4) is 11.5 Å². The van der Waals surface area contributed by atoms with Crippen molar-refractivity contribution in [2.24, 2.45) is 0 Å². The standard InChI is InChI=1S/C13H17NO3/c1-16-11-6-9(7-12(8-11)17-2)5-10-3-4-13(15)14-10/h6-8,10H,3-5H2,1-2H3,(H,14,15). The summed E-state index contributed by atoms with van der Waals surface area (Å²) in [6, 6.07) is 6.04. The fourth-order valence-corrected chi connectivity index (χ4v) is 2.10. The molecule has 4 heteroatoms. The summed E-state index contributed by atoms with van der Waals surface area (Å²) < 4.78 is 10.4. The molecule has 92 valence electrons. The molecule has 0 radical (unpaired) electrons. The van der Waals surface area contributed by atoms with E-state index in [-0.39, 0.29) is 11.9 Å². The van der Waals surface area contributed by atoms with Crippen LogP contribution in [0.2, 0.25) is 0 Å². The lowest BCUT2D eigenvalue weighted by Gasteiger charge is -2.12. The van der Waals surface area contributed by atoms with E-state index in [0.29, 0.717) is 6.42 Å². The molecule has 0 aliphatic carbocycles. The number of carbonyl (C=O) groups excluding carboxylic acids is 1. The summed E-state index contributed by atoms with van der Waals surface area (Å²) in [5, 5.41) is 2.96. The predicted octanol–water partition coefficient (Wildman–Crippen LogP) is 1.52. The van der Waals surface area contributed by atoms with Crippen LogP contribution in [0.25, 0.3) is 0 Å². The third kappa shape index (κ3) is 2.90. The van der Waals surface area contributed by atoms with Gasteiger partial charge in [-0.2, -0.15) is 0 Å². The van der Waals surface area contributed by atoms with Gasteiger partial charge < -0.3 is 14.8 Å². The van der Waals surface area contributed by atoms with Gasteiger partial charge in [0.25, 0.3) is 0 Å². The van der Waals surface area contributed by atoms with E-state index >= 15 is 0 Å². The third-order valence-electron chi connectivity index (χ3n) is 2.98. The third-order valence-corrected chi connectivity index (χ3v) is 2.98. The highest BCUT2D eigenvalue weighted by atomic mass is 16.5. The molecule has 0 spiro atoms. The molecule has 1 aliphatic heterocycles. The SMILES string of the molecule is COc1cc(CC2CCC(=O)N2)cc(OC)c1. The van der Waals surface area contributed by atoms with Gasteiger partial charge in [0.1, 0.15) is 11.5 Å². The molecule has 1 aromatic rings. The van der Waals surface area contributed by atoms with Gasteiger partial charge in [-0.25, -0.2) is 0 Å². The molecule has 1 aromatic carbocycles. The molecule has 4 nitrogen and oxygen atoms in total. The second-order valence-electron chi connectivity index (χ2n) is 4.23. The smallest absolute Gasteiger partial charge is 0.220 e. The van der Waals surface area contributed by atoms with Crippen molar-refractivity contribution >= 4 is 5.91 Å². The minimum Gasteiger partial charge on any atom is -0.497 e. The first-order valence-corrected chi connectivity index (χ1v) is 5.72. The molecule has 0 bridgehead atoms. The number of nitrogens with one attached hydrogen (secondary N) is 1. The molecular weight excluding hydrogens is 218 g/mol. The monoisotopic (exact) mass is 235 g/mol. The van der Waals surface area contributed by atoms with E-state index in [9.17, 15) is 4.79 Å². The van der Waals surface area contributed by atoms with Gasteiger partial charge in [0.2, 0.25) is 5.91 Å². The Morgan fingerprint density at radius 2 is 1.88 bits per heavy atom.